The highest BCUT2D eigenvalue weighted by Crippen LogP contribution is 2.23. The summed E-state index contributed by atoms with van der Waals surface area (Å²) in [6, 6.07) is 4.03. The molecule has 1 aromatic carbocycles. The predicted molar refractivity (Wildman–Crippen MR) is 100 cm³/mol. The molecule has 0 unspecified atom stereocenters. The van der Waals surface area contributed by atoms with E-state index in [0.717, 1.165) is 29.5 Å². The SMILES string of the molecule is Cc1cc(C)c(S(=O)(=O)NCCC(=O)N(C)C2CCCCC2)c(C)c1. The average Bonchev–Trinajstić information content (AvgIpc) is 2.53. The molecular weight excluding hydrogens is 336 g/mol. The number of aryl methyl sites for hydroxylation is 3. The first kappa shape index (κ1) is 19.9. The van der Waals surface area contributed by atoms with E-state index in [0.29, 0.717) is 10.9 Å². The van der Waals surface area contributed by atoms with Crippen LogP contribution in [0.25, 0.3) is 0 Å². The predicted octanol–water partition coefficient (Wildman–Crippen LogP) is 3.07. The third-order valence-electron chi connectivity index (χ3n) is 5.02. The van der Waals surface area contributed by atoms with Gasteiger partial charge in [-0.1, -0.05) is 37.0 Å². The summed E-state index contributed by atoms with van der Waals surface area (Å²) >= 11 is 0. The Bertz CT molecular complexity index is 699. The fourth-order valence-electron chi connectivity index (χ4n) is 3.80. The summed E-state index contributed by atoms with van der Waals surface area (Å²) in [5.41, 5.74) is 2.50. The minimum Gasteiger partial charge on any atom is -0.343 e. The molecule has 1 N–H and O–H groups in total. The largest absolute Gasteiger partial charge is 0.343 e. The molecule has 0 radical (unpaired) electrons. The zero-order valence-electron chi connectivity index (χ0n) is 15.8. The lowest BCUT2D eigenvalue weighted by molar-refractivity contribution is -0.132. The fraction of sp³-hybridized carbons (Fsp3) is 0.632. The molecule has 0 aromatic heterocycles. The quantitative estimate of drug-likeness (QED) is 0.841. The highest BCUT2D eigenvalue weighted by atomic mass is 32.2. The lowest BCUT2D eigenvalue weighted by Gasteiger charge is -2.31. The van der Waals surface area contributed by atoms with Crippen LogP contribution in [0.2, 0.25) is 0 Å². The van der Waals surface area contributed by atoms with Crippen LogP contribution >= 0.6 is 0 Å². The Morgan fingerprint density at radius 1 is 1.12 bits per heavy atom. The molecule has 140 valence electrons. The Morgan fingerprint density at radius 3 is 2.24 bits per heavy atom. The molecule has 0 heterocycles. The van der Waals surface area contributed by atoms with E-state index in [4.69, 9.17) is 0 Å². The molecular formula is C19H30N2O3S. The number of sulfonamides is 1. The molecule has 1 amide bonds. The molecule has 0 bridgehead atoms. The van der Waals surface area contributed by atoms with Crippen molar-refractivity contribution in [1.29, 1.82) is 0 Å². The van der Waals surface area contributed by atoms with E-state index in [9.17, 15) is 13.2 Å². The molecule has 1 aliphatic carbocycles. The number of hydrogen-bond donors (Lipinski definition) is 1. The number of carbonyl (C=O) groups is 1. The number of benzene rings is 1. The maximum atomic E-state index is 12.6. The van der Waals surface area contributed by atoms with Crippen molar-refractivity contribution in [1.82, 2.24) is 9.62 Å². The Balaban J connectivity index is 1.95. The van der Waals surface area contributed by atoms with Gasteiger partial charge in [0.15, 0.2) is 0 Å². The summed E-state index contributed by atoms with van der Waals surface area (Å²) in [4.78, 5) is 14.5. The lowest BCUT2D eigenvalue weighted by Crippen LogP contribution is -2.40. The van der Waals surface area contributed by atoms with Gasteiger partial charge in [-0.05, 0) is 44.7 Å². The first-order valence-electron chi connectivity index (χ1n) is 9.05. The van der Waals surface area contributed by atoms with Gasteiger partial charge in [0.2, 0.25) is 15.9 Å². The van der Waals surface area contributed by atoms with E-state index in [2.05, 4.69) is 4.72 Å². The van der Waals surface area contributed by atoms with Crippen LogP contribution < -0.4 is 4.72 Å². The van der Waals surface area contributed by atoms with Gasteiger partial charge < -0.3 is 4.90 Å². The van der Waals surface area contributed by atoms with Crippen LogP contribution in [-0.2, 0) is 14.8 Å². The number of carbonyl (C=O) groups excluding carboxylic acids is 1. The van der Waals surface area contributed by atoms with E-state index in [-0.39, 0.29) is 18.9 Å². The topological polar surface area (TPSA) is 66.5 Å². The van der Waals surface area contributed by atoms with Crippen molar-refractivity contribution in [2.45, 2.75) is 70.2 Å². The zero-order chi connectivity index (χ0) is 18.6. The van der Waals surface area contributed by atoms with Crippen LogP contribution in [0.15, 0.2) is 17.0 Å². The van der Waals surface area contributed by atoms with Crippen molar-refractivity contribution in [2.24, 2.45) is 0 Å². The zero-order valence-corrected chi connectivity index (χ0v) is 16.6. The van der Waals surface area contributed by atoms with Crippen LogP contribution in [0, 0.1) is 20.8 Å². The molecule has 25 heavy (non-hydrogen) atoms. The smallest absolute Gasteiger partial charge is 0.241 e. The summed E-state index contributed by atoms with van der Waals surface area (Å²) in [7, 11) is -1.77. The second kappa shape index (κ2) is 8.32. The van der Waals surface area contributed by atoms with Gasteiger partial charge in [-0.3, -0.25) is 4.79 Å². The normalized spacial score (nSPS) is 16.0. The highest BCUT2D eigenvalue weighted by Gasteiger charge is 2.23. The van der Waals surface area contributed by atoms with Gasteiger partial charge in [-0.15, -0.1) is 0 Å². The van der Waals surface area contributed by atoms with Crippen molar-refractivity contribution in [3.8, 4) is 0 Å². The van der Waals surface area contributed by atoms with Crippen molar-refractivity contribution < 1.29 is 13.2 Å². The first-order valence-corrected chi connectivity index (χ1v) is 10.5. The van der Waals surface area contributed by atoms with E-state index in [1.807, 2.05) is 26.1 Å². The van der Waals surface area contributed by atoms with Crippen LogP contribution in [0.5, 0.6) is 0 Å². The van der Waals surface area contributed by atoms with Crippen molar-refractivity contribution in [3.63, 3.8) is 0 Å². The Kier molecular flexibility index (Phi) is 6.63. The standard InChI is InChI=1S/C19H30N2O3S/c1-14-12-15(2)19(16(3)13-14)25(23,24)20-11-10-18(22)21(4)17-8-6-5-7-9-17/h12-13,17,20H,5-11H2,1-4H3. The lowest BCUT2D eigenvalue weighted by atomic mass is 9.94. The molecule has 0 aliphatic heterocycles. The minimum atomic E-state index is -3.61. The highest BCUT2D eigenvalue weighted by molar-refractivity contribution is 7.89. The molecule has 1 aliphatic rings. The van der Waals surface area contributed by atoms with Gasteiger partial charge in [0.25, 0.3) is 0 Å². The fourth-order valence-corrected chi connectivity index (χ4v) is 5.28. The Hall–Kier alpha value is -1.40. The van der Waals surface area contributed by atoms with Gasteiger partial charge in [0.1, 0.15) is 0 Å². The third kappa shape index (κ3) is 5.05. The average molecular weight is 367 g/mol. The Labute approximate surface area is 151 Å². The molecule has 0 saturated heterocycles. The second-order valence-corrected chi connectivity index (χ2v) is 8.88. The van der Waals surface area contributed by atoms with Gasteiger partial charge in [-0.2, -0.15) is 0 Å². The van der Waals surface area contributed by atoms with E-state index >= 15 is 0 Å². The van der Waals surface area contributed by atoms with Crippen molar-refractivity contribution in [3.05, 3.63) is 28.8 Å². The maximum Gasteiger partial charge on any atom is 0.241 e. The minimum absolute atomic E-state index is 0.00644. The number of amides is 1. The van der Waals surface area contributed by atoms with Crippen molar-refractivity contribution >= 4 is 15.9 Å². The van der Waals surface area contributed by atoms with E-state index < -0.39 is 10.0 Å². The van der Waals surface area contributed by atoms with Crippen molar-refractivity contribution in [2.75, 3.05) is 13.6 Å². The maximum absolute atomic E-state index is 12.6. The molecule has 2 rings (SSSR count). The number of nitrogens with one attached hydrogen (secondary N) is 1. The molecule has 1 aromatic rings. The number of hydrogen-bond acceptors (Lipinski definition) is 3. The molecule has 1 fully saturated rings. The number of rotatable bonds is 6. The van der Waals surface area contributed by atoms with Gasteiger partial charge in [0.05, 0.1) is 4.90 Å². The van der Waals surface area contributed by atoms with Crippen LogP contribution in [-0.4, -0.2) is 38.9 Å². The summed E-state index contributed by atoms with van der Waals surface area (Å²) in [5.74, 6) is 0.00644. The summed E-state index contributed by atoms with van der Waals surface area (Å²) < 4.78 is 27.8. The summed E-state index contributed by atoms with van der Waals surface area (Å²) in [6.07, 6.45) is 5.87. The van der Waals surface area contributed by atoms with Gasteiger partial charge >= 0.3 is 0 Å². The van der Waals surface area contributed by atoms with E-state index in [1.54, 1.807) is 18.7 Å². The molecule has 6 heteroatoms. The number of nitrogens with zero attached hydrogens (tertiary/aromatic N) is 1. The van der Waals surface area contributed by atoms with E-state index in [1.165, 1.54) is 19.3 Å². The monoisotopic (exact) mass is 366 g/mol. The van der Waals surface area contributed by atoms with Crippen LogP contribution in [0.4, 0.5) is 0 Å². The first-order chi connectivity index (χ1) is 11.7. The summed E-state index contributed by atoms with van der Waals surface area (Å²) in [5, 5.41) is 0. The molecule has 0 atom stereocenters. The van der Waals surface area contributed by atoms with Gasteiger partial charge in [0, 0.05) is 26.1 Å². The third-order valence-corrected chi connectivity index (χ3v) is 6.79. The van der Waals surface area contributed by atoms with Crippen LogP contribution in [0.1, 0.15) is 55.2 Å². The summed E-state index contributed by atoms with van der Waals surface area (Å²) in [6.45, 7) is 5.68. The Morgan fingerprint density at radius 2 is 1.68 bits per heavy atom. The van der Waals surface area contributed by atoms with Crippen LogP contribution in [0.3, 0.4) is 0 Å². The molecule has 1 saturated carbocycles. The second-order valence-electron chi connectivity index (χ2n) is 7.17. The molecule has 0 spiro atoms. The molecule has 5 nitrogen and oxygen atoms in total. The van der Waals surface area contributed by atoms with Gasteiger partial charge in [-0.25, -0.2) is 13.1 Å².